The summed E-state index contributed by atoms with van der Waals surface area (Å²) in [4.78, 5) is 24.6. The molecule has 1 heterocycles. The van der Waals surface area contributed by atoms with Crippen LogP contribution in [-0.2, 0) is 14.3 Å². The van der Waals surface area contributed by atoms with E-state index in [0.717, 1.165) is 6.42 Å². The van der Waals surface area contributed by atoms with Crippen LogP contribution in [0.2, 0.25) is 0 Å². The van der Waals surface area contributed by atoms with Crippen LogP contribution in [0.25, 0.3) is 0 Å². The van der Waals surface area contributed by atoms with Crippen molar-refractivity contribution in [3.05, 3.63) is 0 Å². The van der Waals surface area contributed by atoms with Crippen LogP contribution in [-0.4, -0.2) is 48.2 Å². The number of carbonyl (C=O) groups excluding carboxylic acids is 1. The Hall–Kier alpha value is -1.10. The molecule has 16 heavy (non-hydrogen) atoms. The summed E-state index contributed by atoms with van der Waals surface area (Å²) >= 11 is 0. The Morgan fingerprint density at radius 2 is 2.12 bits per heavy atom. The number of piperidine rings is 1. The van der Waals surface area contributed by atoms with Crippen molar-refractivity contribution in [3.63, 3.8) is 0 Å². The summed E-state index contributed by atoms with van der Waals surface area (Å²) in [6, 6.07) is 0. The summed E-state index contributed by atoms with van der Waals surface area (Å²) in [5.41, 5.74) is -0.818. The number of carboxylic acid groups (broad SMARTS) is 1. The van der Waals surface area contributed by atoms with Crippen LogP contribution in [0.3, 0.4) is 0 Å². The lowest BCUT2D eigenvalue weighted by molar-refractivity contribution is -0.156. The molecule has 2 atom stereocenters. The van der Waals surface area contributed by atoms with Crippen LogP contribution in [0.5, 0.6) is 0 Å². The summed E-state index contributed by atoms with van der Waals surface area (Å²) in [5.74, 6) is -0.968. The van der Waals surface area contributed by atoms with E-state index in [1.54, 1.807) is 18.7 Å². The van der Waals surface area contributed by atoms with E-state index in [0.29, 0.717) is 13.0 Å². The number of carboxylic acids is 1. The van der Waals surface area contributed by atoms with E-state index < -0.39 is 17.5 Å². The van der Waals surface area contributed by atoms with Crippen molar-refractivity contribution in [2.24, 2.45) is 5.41 Å². The third kappa shape index (κ3) is 2.52. The molecule has 1 amide bonds. The zero-order valence-corrected chi connectivity index (χ0v) is 10.0. The van der Waals surface area contributed by atoms with Gasteiger partial charge >= 0.3 is 5.97 Å². The maximum atomic E-state index is 11.8. The Morgan fingerprint density at radius 3 is 2.62 bits per heavy atom. The summed E-state index contributed by atoms with van der Waals surface area (Å²) in [6.07, 6.45) is 0.842. The summed E-state index contributed by atoms with van der Waals surface area (Å²) < 4.78 is 4.96. The molecule has 0 aliphatic carbocycles. The van der Waals surface area contributed by atoms with Gasteiger partial charge in [-0.3, -0.25) is 9.59 Å². The van der Waals surface area contributed by atoms with Crippen LogP contribution in [0.15, 0.2) is 0 Å². The quantitative estimate of drug-likeness (QED) is 0.775. The van der Waals surface area contributed by atoms with Gasteiger partial charge in [0.2, 0.25) is 0 Å². The molecule has 5 heteroatoms. The van der Waals surface area contributed by atoms with Gasteiger partial charge in [0.15, 0.2) is 0 Å². The van der Waals surface area contributed by atoms with Crippen LogP contribution < -0.4 is 0 Å². The highest BCUT2D eigenvalue weighted by molar-refractivity contribution is 5.82. The number of amides is 1. The number of rotatable bonds is 3. The lowest BCUT2D eigenvalue weighted by atomic mass is 9.82. The third-order valence-corrected chi connectivity index (χ3v) is 3.23. The molecule has 5 nitrogen and oxygen atoms in total. The fourth-order valence-corrected chi connectivity index (χ4v) is 1.96. The molecule has 0 spiro atoms. The van der Waals surface area contributed by atoms with Gasteiger partial charge in [-0.15, -0.1) is 0 Å². The summed E-state index contributed by atoms with van der Waals surface area (Å²) in [5, 5.41) is 9.12. The zero-order valence-electron chi connectivity index (χ0n) is 10.0. The molecule has 0 bridgehead atoms. The highest BCUT2D eigenvalue weighted by Gasteiger charge is 2.40. The molecule has 1 N–H and O–H groups in total. The van der Waals surface area contributed by atoms with Crippen LogP contribution in [0.4, 0.5) is 0 Å². The van der Waals surface area contributed by atoms with Crippen LogP contribution in [0, 0.1) is 5.41 Å². The van der Waals surface area contributed by atoms with E-state index >= 15 is 0 Å². The topological polar surface area (TPSA) is 66.8 Å². The zero-order chi connectivity index (χ0) is 12.3. The van der Waals surface area contributed by atoms with Crippen molar-refractivity contribution in [3.8, 4) is 0 Å². The molecular formula is C11H19NO4. The van der Waals surface area contributed by atoms with E-state index in [2.05, 4.69) is 0 Å². The van der Waals surface area contributed by atoms with Gasteiger partial charge in [-0.25, -0.2) is 0 Å². The van der Waals surface area contributed by atoms with Crippen molar-refractivity contribution in [1.29, 1.82) is 0 Å². The van der Waals surface area contributed by atoms with Crippen LogP contribution in [0.1, 0.15) is 26.7 Å². The largest absolute Gasteiger partial charge is 0.481 e. The van der Waals surface area contributed by atoms with Gasteiger partial charge in [0.1, 0.15) is 6.10 Å². The first kappa shape index (κ1) is 13.0. The van der Waals surface area contributed by atoms with Gasteiger partial charge in [0.25, 0.3) is 5.91 Å². The second kappa shape index (κ2) is 4.82. The number of hydrogen-bond acceptors (Lipinski definition) is 3. The number of hydrogen-bond donors (Lipinski definition) is 1. The second-order valence-corrected chi connectivity index (χ2v) is 4.61. The molecule has 1 rings (SSSR count). The minimum Gasteiger partial charge on any atom is -0.481 e. The minimum atomic E-state index is -0.838. The first-order valence-electron chi connectivity index (χ1n) is 5.46. The van der Waals surface area contributed by atoms with Crippen molar-refractivity contribution >= 4 is 11.9 Å². The fraction of sp³-hybridized carbons (Fsp3) is 0.818. The van der Waals surface area contributed by atoms with Gasteiger partial charge in [0.05, 0.1) is 5.41 Å². The number of methoxy groups -OCH3 is 1. The molecule has 0 saturated carbocycles. The van der Waals surface area contributed by atoms with E-state index in [9.17, 15) is 9.59 Å². The summed E-state index contributed by atoms with van der Waals surface area (Å²) in [7, 11) is 1.48. The Morgan fingerprint density at radius 1 is 1.50 bits per heavy atom. The number of ether oxygens (including phenoxy) is 1. The molecule has 1 saturated heterocycles. The normalized spacial score (nSPS) is 27.6. The summed E-state index contributed by atoms with van der Waals surface area (Å²) in [6.45, 7) is 4.26. The van der Waals surface area contributed by atoms with Crippen molar-refractivity contribution < 1.29 is 19.4 Å². The molecule has 1 aliphatic heterocycles. The molecular weight excluding hydrogens is 210 g/mol. The number of carbonyl (C=O) groups is 2. The SMILES string of the molecule is COC(C)C(=O)N1CCCC(C)(C(=O)O)C1. The van der Waals surface area contributed by atoms with Crippen LogP contribution >= 0.6 is 0 Å². The number of likely N-dealkylation sites (tertiary alicyclic amines) is 1. The highest BCUT2D eigenvalue weighted by Crippen LogP contribution is 2.30. The maximum Gasteiger partial charge on any atom is 0.311 e. The Labute approximate surface area is 95.4 Å². The Balaban J connectivity index is 2.71. The van der Waals surface area contributed by atoms with Crippen molar-refractivity contribution in [2.75, 3.05) is 20.2 Å². The molecule has 1 fully saturated rings. The average Bonchev–Trinajstić information content (AvgIpc) is 2.27. The average molecular weight is 229 g/mol. The lowest BCUT2D eigenvalue weighted by Gasteiger charge is -2.38. The van der Waals surface area contributed by atoms with Crippen molar-refractivity contribution in [2.45, 2.75) is 32.8 Å². The van der Waals surface area contributed by atoms with E-state index in [1.165, 1.54) is 7.11 Å². The van der Waals surface area contributed by atoms with Gasteiger partial charge < -0.3 is 14.7 Å². The first-order valence-corrected chi connectivity index (χ1v) is 5.46. The van der Waals surface area contributed by atoms with Gasteiger partial charge in [-0.1, -0.05) is 0 Å². The van der Waals surface area contributed by atoms with E-state index in [1.807, 2.05) is 0 Å². The maximum absolute atomic E-state index is 11.8. The standard InChI is InChI=1S/C11H19NO4/c1-8(16-3)9(13)12-6-4-5-11(2,7-12)10(14)15/h8H,4-7H2,1-3H3,(H,14,15). The monoisotopic (exact) mass is 229 g/mol. The van der Waals surface area contributed by atoms with Crippen molar-refractivity contribution in [1.82, 2.24) is 4.90 Å². The highest BCUT2D eigenvalue weighted by atomic mass is 16.5. The van der Waals surface area contributed by atoms with E-state index in [-0.39, 0.29) is 12.5 Å². The lowest BCUT2D eigenvalue weighted by Crippen LogP contribution is -2.50. The van der Waals surface area contributed by atoms with Gasteiger partial charge in [-0.05, 0) is 26.7 Å². The molecule has 0 radical (unpaired) electrons. The number of nitrogens with zero attached hydrogens (tertiary/aromatic N) is 1. The Bertz CT molecular complexity index is 292. The minimum absolute atomic E-state index is 0.130. The predicted molar refractivity (Wildman–Crippen MR) is 58.0 cm³/mol. The third-order valence-electron chi connectivity index (χ3n) is 3.23. The molecule has 2 unspecified atom stereocenters. The molecule has 0 aromatic rings. The molecule has 1 aliphatic rings. The van der Waals surface area contributed by atoms with E-state index in [4.69, 9.17) is 9.84 Å². The molecule has 0 aromatic carbocycles. The number of aliphatic carboxylic acids is 1. The second-order valence-electron chi connectivity index (χ2n) is 4.61. The Kier molecular flexibility index (Phi) is 3.91. The smallest absolute Gasteiger partial charge is 0.311 e. The first-order chi connectivity index (χ1) is 7.40. The molecule has 92 valence electrons. The van der Waals surface area contributed by atoms with Gasteiger partial charge in [0, 0.05) is 20.2 Å². The van der Waals surface area contributed by atoms with Gasteiger partial charge in [-0.2, -0.15) is 0 Å². The molecule has 0 aromatic heterocycles. The predicted octanol–water partition coefficient (Wildman–Crippen LogP) is 0.735. The fourth-order valence-electron chi connectivity index (χ4n) is 1.96.